The quantitative estimate of drug-likeness (QED) is 0.812. The smallest absolute Gasteiger partial charge is 0.245 e. The van der Waals surface area contributed by atoms with E-state index >= 15 is 0 Å². The molecule has 0 aromatic heterocycles. The number of thioether (sulfide) groups is 1. The van der Waals surface area contributed by atoms with Gasteiger partial charge in [0.1, 0.15) is 6.04 Å². The molecule has 0 bridgehead atoms. The number of hydrogen-bond acceptors (Lipinski definition) is 4. The molecule has 2 N–H and O–H groups in total. The van der Waals surface area contributed by atoms with Gasteiger partial charge in [-0.2, -0.15) is 0 Å². The summed E-state index contributed by atoms with van der Waals surface area (Å²) in [5, 5.41) is 7.36. The third kappa shape index (κ3) is 4.12. The van der Waals surface area contributed by atoms with Gasteiger partial charge in [-0.25, -0.2) is 4.99 Å². The van der Waals surface area contributed by atoms with Crippen LogP contribution in [0.15, 0.2) is 4.99 Å². The van der Waals surface area contributed by atoms with E-state index in [1.54, 1.807) is 11.8 Å². The number of nitrogens with one attached hydrogen (secondary N) is 2. The number of rotatable bonds is 2. The molecule has 1 spiro atoms. The van der Waals surface area contributed by atoms with Crippen molar-refractivity contribution in [1.82, 2.24) is 10.6 Å². The van der Waals surface area contributed by atoms with Crippen molar-refractivity contribution in [3.05, 3.63) is 0 Å². The monoisotopic (exact) mass is 299 g/mol. The van der Waals surface area contributed by atoms with E-state index < -0.39 is 0 Å². The lowest BCUT2D eigenvalue weighted by Gasteiger charge is -2.32. The number of amidine groups is 1. The van der Waals surface area contributed by atoms with Crippen molar-refractivity contribution < 1.29 is 9.53 Å². The molecule has 2 saturated heterocycles. The summed E-state index contributed by atoms with van der Waals surface area (Å²) in [6.07, 6.45) is 2.03. The van der Waals surface area contributed by atoms with Gasteiger partial charge in [0.15, 0.2) is 5.17 Å². The van der Waals surface area contributed by atoms with Crippen molar-refractivity contribution in [2.24, 2.45) is 4.99 Å². The molecule has 0 aromatic carbocycles. The molecule has 2 aliphatic rings. The zero-order valence-corrected chi connectivity index (χ0v) is 13.6. The summed E-state index contributed by atoms with van der Waals surface area (Å²) in [5.74, 6) is 0.989. The van der Waals surface area contributed by atoms with Gasteiger partial charge >= 0.3 is 0 Å². The van der Waals surface area contributed by atoms with E-state index in [9.17, 15) is 4.79 Å². The van der Waals surface area contributed by atoms with Gasteiger partial charge in [-0.15, -0.1) is 0 Å². The van der Waals surface area contributed by atoms with Gasteiger partial charge < -0.3 is 15.4 Å². The highest BCUT2D eigenvalue weighted by molar-refractivity contribution is 8.14. The van der Waals surface area contributed by atoms with Gasteiger partial charge in [0, 0.05) is 24.5 Å². The SMILES string of the molecule is CC(N=C1NC2(CCOCC2)CS1)C(=O)NC(C)(C)C. The molecule has 6 heteroatoms. The summed E-state index contributed by atoms with van der Waals surface area (Å²) in [4.78, 5) is 16.6. The molecule has 1 amide bonds. The summed E-state index contributed by atoms with van der Waals surface area (Å²) in [6.45, 7) is 9.38. The predicted octanol–water partition coefficient (Wildman–Crippen LogP) is 1.53. The van der Waals surface area contributed by atoms with Crippen molar-refractivity contribution in [1.29, 1.82) is 0 Å². The minimum atomic E-state index is -0.362. The molecule has 1 atom stereocenters. The van der Waals surface area contributed by atoms with Crippen LogP contribution in [-0.2, 0) is 9.53 Å². The largest absolute Gasteiger partial charge is 0.381 e. The standard InChI is InChI=1S/C14H25N3O2S/c1-10(11(18)16-13(2,3)4)15-12-17-14(9-20-12)5-7-19-8-6-14/h10H,5-9H2,1-4H3,(H,15,17)(H,16,18). The average molecular weight is 299 g/mol. The zero-order valence-electron chi connectivity index (χ0n) is 12.8. The van der Waals surface area contributed by atoms with E-state index in [0.717, 1.165) is 37.0 Å². The molecule has 0 aliphatic carbocycles. The molecule has 2 heterocycles. The van der Waals surface area contributed by atoms with Gasteiger partial charge in [-0.1, -0.05) is 11.8 Å². The number of hydrogen-bond donors (Lipinski definition) is 2. The summed E-state index contributed by atoms with van der Waals surface area (Å²) < 4.78 is 5.41. The fraction of sp³-hybridized carbons (Fsp3) is 0.857. The second kappa shape index (κ2) is 5.93. The van der Waals surface area contributed by atoms with E-state index in [1.165, 1.54) is 0 Å². The van der Waals surface area contributed by atoms with Crippen LogP contribution in [-0.4, -0.2) is 47.2 Å². The lowest BCUT2D eigenvalue weighted by atomic mass is 9.93. The summed E-state index contributed by atoms with van der Waals surface area (Å²) >= 11 is 1.71. The van der Waals surface area contributed by atoms with E-state index in [2.05, 4.69) is 15.6 Å². The fourth-order valence-electron chi connectivity index (χ4n) is 2.32. The first-order valence-corrected chi connectivity index (χ1v) is 8.17. The van der Waals surface area contributed by atoms with Gasteiger partial charge in [-0.05, 0) is 40.5 Å². The Morgan fingerprint density at radius 1 is 1.45 bits per heavy atom. The van der Waals surface area contributed by atoms with Gasteiger partial charge in [0.05, 0.1) is 5.54 Å². The number of aliphatic imine (C=N–C) groups is 1. The van der Waals surface area contributed by atoms with Crippen LogP contribution in [0.1, 0.15) is 40.5 Å². The van der Waals surface area contributed by atoms with Crippen molar-refractivity contribution in [3.8, 4) is 0 Å². The molecule has 5 nitrogen and oxygen atoms in total. The van der Waals surface area contributed by atoms with Crippen LogP contribution < -0.4 is 10.6 Å². The molecule has 114 valence electrons. The molecular weight excluding hydrogens is 274 g/mol. The zero-order chi connectivity index (χ0) is 14.8. The number of amides is 1. The summed E-state index contributed by atoms with van der Waals surface area (Å²) in [6, 6.07) is -0.362. The number of carbonyl (C=O) groups is 1. The van der Waals surface area contributed by atoms with Gasteiger partial charge in [0.2, 0.25) is 5.91 Å². The first-order valence-electron chi connectivity index (χ1n) is 7.18. The van der Waals surface area contributed by atoms with Gasteiger partial charge in [-0.3, -0.25) is 4.79 Å². The fourth-order valence-corrected chi connectivity index (χ4v) is 3.61. The second-order valence-corrected chi connectivity index (χ2v) is 7.62. The third-order valence-corrected chi connectivity index (χ3v) is 4.67. The van der Waals surface area contributed by atoms with Crippen LogP contribution in [0, 0.1) is 0 Å². The molecule has 2 rings (SSSR count). The summed E-state index contributed by atoms with van der Waals surface area (Å²) in [5.41, 5.74) is -0.0916. The first-order chi connectivity index (χ1) is 9.30. The molecule has 1 unspecified atom stereocenters. The minimum Gasteiger partial charge on any atom is -0.381 e. The van der Waals surface area contributed by atoms with Crippen LogP contribution in [0.3, 0.4) is 0 Å². The Kier molecular flexibility index (Phi) is 4.64. The number of nitrogens with zero attached hydrogens (tertiary/aromatic N) is 1. The van der Waals surface area contributed by atoms with Crippen LogP contribution in [0.25, 0.3) is 0 Å². The normalized spacial score (nSPS) is 25.5. The lowest BCUT2D eigenvalue weighted by molar-refractivity contribution is -0.123. The maximum atomic E-state index is 12.0. The Labute approximate surface area is 125 Å². The average Bonchev–Trinajstić information content (AvgIpc) is 2.71. The molecule has 0 aromatic rings. The van der Waals surface area contributed by atoms with Crippen LogP contribution in [0.4, 0.5) is 0 Å². The predicted molar refractivity (Wildman–Crippen MR) is 83.2 cm³/mol. The highest BCUT2D eigenvalue weighted by atomic mass is 32.2. The Balaban J connectivity index is 1.93. The highest BCUT2D eigenvalue weighted by Crippen LogP contribution is 2.31. The highest BCUT2D eigenvalue weighted by Gasteiger charge is 2.39. The maximum absolute atomic E-state index is 12.0. The molecule has 20 heavy (non-hydrogen) atoms. The maximum Gasteiger partial charge on any atom is 0.245 e. The lowest BCUT2D eigenvalue weighted by Crippen LogP contribution is -2.48. The molecule has 2 fully saturated rings. The van der Waals surface area contributed by atoms with Crippen molar-refractivity contribution >= 4 is 22.8 Å². The Morgan fingerprint density at radius 2 is 2.10 bits per heavy atom. The second-order valence-electron chi connectivity index (χ2n) is 6.66. The first kappa shape index (κ1) is 15.6. The third-order valence-electron chi connectivity index (χ3n) is 3.50. The van der Waals surface area contributed by atoms with E-state index in [0.29, 0.717) is 0 Å². The van der Waals surface area contributed by atoms with E-state index in [-0.39, 0.29) is 23.0 Å². The van der Waals surface area contributed by atoms with Crippen molar-refractivity contribution in [3.63, 3.8) is 0 Å². The Bertz CT molecular complexity index is 398. The number of ether oxygens (including phenoxy) is 1. The van der Waals surface area contributed by atoms with E-state index in [4.69, 9.17) is 4.74 Å². The Hall–Kier alpha value is -0.750. The molecule has 0 saturated carbocycles. The minimum absolute atomic E-state index is 0.0275. The molecule has 0 radical (unpaired) electrons. The topological polar surface area (TPSA) is 62.7 Å². The van der Waals surface area contributed by atoms with Crippen molar-refractivity contribution in [2.45, 2.75) is 57.7 Å². The van der Waals surface area contributed by atoms with Crippen molar-refractivity contribution in [2.75, 3.05) is 19.0 Å². The van der Waals surface area contributed by atoms with Crippen LogP contribution in [0.5, 0.6) is 0 Å². The van der Waals surface area contributed by atoms with Crippen LogP contribution >= 0.6 is 11.8 Å². The summed E-state index contributed by atoms with van der Waals surface area (Å²) in [7, 11) is 0. The van der Waals surface area contributed by atoms with Gasteiger partial charge in [0.25, 0.3) is 0 Å². The number of carbonyl (C=O) groups excluding carboxylic acids is 1. The van der Waals surface area contributed by atoms with Crippen LogP contribution in [0.2, 0.25) is 0 Å². The van der Waals surface area contributed by atoms with E-state index in [1.807, 2.05) is 27.7 Å². The molecular formula is C14H25N3O2S. The Morgan fingerprint density at radius 3 is 2.70 bits per heavy atom. The molecule has 2 aliphatic heterocycles.